The highest BCUT2D eigenvalue weighted by Crippen LogP contribution is 2.41. The fourth-order valence-electron chi connectivity index (χ4n) is 2.27. The van der Waals surface area contributed by atoms with Crippen LogP contribution in [0.5, 0.6) is 0 Å². The van der Waals surface area contributed by atoms with Crippen LogP contribution in [0.3, 0.4) is 0 Å². The van der Waals surface area contributed by atoms with Crippen LogP contribution in [-0.4, -0.2) is 32.3 Å². The van der Waals surface area contributed by atoms with E-state index in [-0.39, 0.29) is 0 Å². The van der Waals surface area contributed by atoms with E-state index in [4.69, 9.17) is 5.11 Å². The molecule has 1 unspecified atom stereocenters. The maximum atomic E-state index is 10.8. The van der Waals surface area contributed by atoms with Gasteiger partial charge in [-0.15, -0.1) is 0 Å². The Bertz CT molecular complexity index is 390. The monoisotopic (exact) mass is 326 g/mol. The number of carboxylic acid groups (broad SMARTS) is 1. The molecule has 23 heavy (non-hydrogen) atoms. The van der Waals surface area contributed by atoms with Gasteiger partial charge in [0.05, 0.1) is 22.9 Å². The van der Waals surface area contributed by atoms with E-state index in [2.05, 4.69) is 9.97 Å². The van der Waals surface area contributed by atoms with Crippen molar-refractivity contribution in [3.05, 3.63) is 23.8 Å². The third kappa shape index (κ3) is 8.07. The van der Waals surface area contributed by atoms with Crippen molar-refractivity contribution in [3.63, 3.8) is 0 Å². The Balaban J connectivity index is 0. The molecule has 0 spiro atoms. The van der Waals surface area contributed by atoms with Gasteiger partial charge >= 0.3 is 5.97 Å². The van der Waals surface area contributed by atoms with Gasteiger partial charge in [-0.1, -0.05) is 40.5 Å². The molecule has 1 saturated carbocycles. The molecular formula is C18H34N2O3. The van der Waals surface area contributed by atoms with Crippen LogP contribution in [0.25, 0.3) is 0 Å². The molecule has 0 amide bonds. The second-order valence-electron chi connectivity index (χ2n) is 5.14. The van der Waals surface area contributed by atoms with Crippen LogP contribution < -0.4 is 0 Å². The molecule has 0 bridgehead atoms. The third-order valence-electron chi connectivity index (χ3n) is 3.63. The van der Waals surface area contributed by atoms with Gasteiger partial charge in [0.1, 0.15) is 0 Å². The van der Waals surface area contributed by atoms with Crippen molar-refractivity contribution in [3.8, 4) is 0 Å². The molecule has 5 heteroatoms. The Morgan fingerprint density at radius 1 is 1.04 bits per heavy atom. The lowest BCUT2D eigenvalue weighted by molar-refractivity contribution is -0.155. The molecule has 0 saturated heterocycles. The first-order valence-corrected chi connectivity index (χ1v) is 8.55. The Hall–Kier alpha value is -1.49. The summed E-state index contributed by atoms with van der Waals surface area (Å²) in [5.41, 5.74) is 1.10. The van der Waals surface area contributed by atoms with Gasteiger partial charge in [0.15, 0.2) is 0 Å². The maximum Gasteiger partial charge on any atom is 0.312 e. The van der Waals surface area contributed by atoms with Gasteiger partial charge in [0.25, 0.3) is 0 Å². The molecule has 1 aliphatic rings. The Kier molecular flexibility index (Phi) is 13.4. The zero-order chi connectivity index (χ0) is 18.5. The van der Waals surface area contributed by atoms with Crippen LogP contribution in [0.2, 0.25) is 0 Å². The normalized spacial score (nSPS) is 15.7. The Labute approximate surface area is 141 Å². The second-order valence-corrected chi connectivity index (χ2v) is 5.14. The Morgan fingerprint density at radius 3 is 1.57 bits per heavy atom. The molecule has 1 aromatic heterocycles. The van der Waals surface area contributed by atoms with Gasteiger partial charge < -0.3 is 10.2 Å². The fraction of sp³-hybridized carbons (Fsp3) is 0.722. The van der Waals surface area contributed by atoms with Crippen molar-refractivity contribution in [2.24, 2.45) is 5.41 Å². The summed E-state index contributed by atoms with van der Waals surface area (Å²) in [5, 5.41) is 18.2. The first kappa shape index (κ1) is 23.8. The van der Waals surface area contributed by atoms with E-state index < -0.39 is 17.5 Å². The summed E-state index contributed by atoms with van der Waals surface area (Å²) >= 11 is 0. The summed E-state index contributed by atoms with van der Waals surface area (Å²) in [6, 6.07) is 0. The number of rotatable bonds is 2. The Morgan fingerprint density at radius 2 is 1.39 bits per heavy atom. The predicted molar refractivity (Wildman–Crippen MR) is 94.4 cm³/mol. The van der Waals surface area contributed by atoms with Crippen molar-refractivity contribution in [2.75, 3.05) is 0 Å². The summed E-state index contributed by atoms with van der Waals surface area (Å²) in [6.45, 7) is 13.4. The third-order valence-corrected chi connectivity index (χ3v) is 3.63. The molecule has 1 atom stereocenters. The molecular weight excluding hydrogens is 292 g/mol. The summed E-state index contributed by atoms with van der Waals surface area (Å²) < 4.78 is 0. The number of hydrogen-bond donors (Lipinski definition) is 2. The number of hydrogen-bond acceptors (Lipinski definition) is 4. The predicted octanol–water partition coefficient (Wildman–Crippen LogP) is 4.16. The average molecular weight is 326 g/mol. The van der Waals surface area contributed by atoms with Gasteiger partial charge in [-0.2, -0.15) is 0 Å². The van der Waals surface area contributed by atoms with Crippen molar-refractivity contribution < 1.29 is 15.0 Å². The van der Waals surface area contributed by atoms with Gasteiger partial charge in [-0.25, -0.2) is 0 Å². The van der Waals surface area contributed by atoms with E-state index in [1.54, 1.807) is 19.3 Å². The first-order chi connectivity index (χ1) is 10.9. The van der Waals surface area contributed by atoms with E-state index in [1.165, 1.54) is 0 Å². The summed E-state index contributed by atoms with van der Waals surface area (Å²) in [6.07, 6.45) is 5.90. The highest BCUT2D eigenvalue weighted by Gasteiger charge is 2.45. The van der Waals surface area contributed by atoms with Crippen molar-refractivity contribution in [2.45, 2.75) is 80.3 Å². The van der Waals surface area contributed by atoms with E-state index in [0.29, 0.717) is 12.8 Å². The number of aliphatic hydroxyl groups is 1. The molecule has 2 rings (SSSR count). The lowest BCUT2D eigenvalue weighted by Crippen LogP contribution is -2.38. The number of aliphatic carboxylic acids is 1. The van der Waals surface area contributed by atoms with E-state index in [9.17, 15) is 9.90 Å². The molecule has 2 N–H and O–H groups in total. The summed E-state index contributed by atoms with van der Waals surface area (Å²) in [5.74, 6) is -0.843. The quantitative estimate of drug-likeness (QED) is 0.852. The van der Waals surface area contributed by atoms with Gasteiger partial charge in [0, 0.05) is 12.4 Å². The largest absolute Gasteiger partial charge is 0.481 e. The summed E-state index contributed by atoms with van der Waals surface area (Å²) in [7, 11) is 0. The van der Waals surface area contributed by atoms with Gasteiger partial charge in [-0.05, 0) is 33.6 Å². The zero-order valence-corrected chi connectivity index (χ0v) is 15.8. The number of carboxylic acids is 1. The molecule has 1 aliphatic carbocycles. The molecule has 0 aliphatic heterocycles. The SMILES string of the molecule is CC.CC.CC(O)C1(C(=O)O)CCCC1.Cc1cnc(C)cn1. The highest BCUT2D eigenvalue weighted by atomic mass is 16.4. The molecule has 0 aromatic carbocycles. The van der Waals surface area contributed by atoms with Crippen molar-refractivity contribution >= 4 is 5.97 Å². The van der Waals surface area contributed by atoms with E-state index >= 15 is 0 Å². The lowest BCUT2D eigenvalue weighted by Gasteiger charge is -2.26. The number of aryl methyl sites for hydroxylation is 2. The van der Waals surface area contributed by atoms with Crippen LogP contribution in [0.15, 0.2) is 12.4 Å². The zero-order valence-electron chi connectivity index (χ0n) is 15.8. The maximum absolute atomic E-state index is 10.8. The first-order valence-electron chi connectivity index (χ1n) is 8.55. The fourth-order valence-corrected chi connectivity index (χ4v) is 2.27. The molecule has 1 fully saturated rings. The lowest BCUT2D eigenvalue weighted by atomic mass is 9.81. The van der Waals surface area contributed by atoms with Gasteiger partial charge in [-0.3, -0.25) is 14.8 Å². The van der Waals surface area contributed by atoms with Gasteiger partial charge in [0.2, 0.25) is 0 Å². The molecule has 1 heterocycles. The molecule has 1 aromatic rings. The average Bonchev–Trinajstić information content (AvgIpc) is 3.06. The number of aromatic nitrogens is 2. The molecule has 134 valence electrons. The van der Waals surface area contributed by atoms with E-state index in [0.717, 1.165) is 24.2 Å². The summed E-state index contributed by atoms with van der Waals surface area (Å²) in [4.78, 5) is 18.8. The minimum absolute atomic E-state index is 0.625. The minimum atomic E-state index is -0.843. The highest BCUT2D eigenvalue weighted by molar-refractivity contribution is 5.75. The van der Waals surface area contributed by atoms with Crippen LogP contribution in [0.4, 0.5) is 0 Å². The van der Waals surface area contributed by atoms with Crippen molar-refractivity contribution in [1.29, 1.82) is 0 Å². The van der Waals surface area contributed by atoms with E-state index in [1.807, 2.05) is 41.5 Å². The number of carbonyl (C=O) groups is 1. The van der Waals surface area contributed by atoms with Crippen LogP contribution >= 0.6 is 0 Å². The van der Waals surface area contributed by atoms with Crippen molar-refractivity contribution in [1.82, 2.24) is 9.97 Å². The van der Waals surface area contributed by atoms with Crippen LogP contribution in [0.1, 0.15) is 71.7 Å². The smallest absolute Gasteiger partial charge is 0.312 e. The van der Waals surface area contributed by atoms with Crippen LogP contribution in [-0.2, 0) is 4.79 Å². The number of aliphatic hydroxyl groups excluding tert-OH is 1. The van der Waals surface area contributed by atoms with Crippen LogP contribution in [0, 0.1) is 19.3 Å². The molecule has 0 radical (unpaired) electrons. The topological polar surface area (TPSA) is 83.3 Å². The molecule has 5 nitrogen and oxygen atoms in total. The standard InChI is InChI=1S/C8H14O3.C6H8N2.2C2H6/c1-6(9)8(7(10)11)4-2-3-5-8;1-5-3-8-6(2)4-7-5;2*1-2/h6,9H,2-5H2,1H3,(H,10,11);3-4H,1-2H3;2*1-2H3. The second kappa shape index (κ2) is 13.0. The number of nitrogens with zero attached hydrogens (tertiary/aromatic N) is 2. The minimum Gasteiger partial charge on any atom is -0.481 e.